The first kappa shape index (κ1) is 23.9. The van der Waals surface area contributed by atoms with Crippen LogP contribution in [-0.4, -0.2) is 58.2 Å². The maximum absolute atomic E-state index is 13.2. The molecule has 33 heavy (non-hydrogen) atoms. The van der Waals surface area contributed by atoms with E-state index < -0.39 is 12.1 Å². The average molecular weight is 472 g/mol. The van der Waals surface area contributed by atoms with Crippen LogP contribution in [0.25, 0.3) is 10.4 Å². The molecule has 2 aromatic rings. The second-order valence-electron chi connectivity index (χ2n) is 9.01. The second-order valence-corrected chi connectivity index (χ2v) is 9.86. The van der Waals surface area contributed by atoms with Crippen molar-refractivity contribution in [2.45, 2.75) is 70.7 Å². The average Bonchev–Trinajstić information content (AvgIpc) is 3.43. The van der Waals surface area contributed by atoms with Crippen molar-refractivity contribution in [2.75, 3.05) is 13.2 Å². The summed E-state index contributed by atoms with van der Waals surface area (Å²) in [6, 6.07) is 7.46. The minimum Gasteiger partial charge on any atom is -0.391 e. The fourth-order valence-corrected chi connectivity index (χ4v) is 5.72. The number of rotatable bonds is 7. The first-order valence-electron chi connectivity index (χ1n) is 11.8. The Hall–Kier alpha value is -2.29. The number of nitrogens with one attached hydrogen (secondary N) is 1. The monoisotopic (exact) mass is 471 g/mol. The fourth-order valence-electron chi connectivity index (χ4n) is 4.91. The lowest BCUT2D eigenvalue weighted by atomic mass is 9.86. The third-order valence-electron chi connectivity index (χ3n) is 6.72. The minimum absolute atomic E-state index is 0.00840. The topological polar surface area (TPSA) is 91.8 Å². The lowest BCUT2D eigenvalue weighted by Gasteiger charge is -2.32. The van der Waals surface area contributed by atoms with E-state index in [2.05, 4.69) is 10.3 Å². The van der Waals surface area contributed by atoms with Gasteiger partial charge in [0.2, 0.25) is 11.8 Å². The predicted octanol–water partition coefficient (Wildman–Crippen LogP) is 3.29. The van der Waals surface area contributed by atoms with Crippen molar-refractivity contribution < 1.29 is 19.4 Å². The first-order valence-corrected chi connectivity index (χ1v) is 12.7. The number of aliphatic hydroxyl groups is 1. The smallest absolute Gasteiger partial charge is 0.243 e. The number of likely N-dealkylation sites (tertiary alicyclic amines) is 1. The van der Waals surface area contributed by atoms with Gasteiger partial charge in [-0.25, -0.2) is 4.98 Å². The Kier molecular flexibility index (Phi) is 7.78. The number of thiazole rings is 1. The molecular weight excluding hydrogens is 438 g/mol. The van der Waals surface area contributed by atoms with Gasteiger partial charge in [0, 0.05) is 32.0 Å². The predicted molar refractivity (Wildman–Crippen MR) is 128 cm³/mol. The summed E-state index contributed by atoms with van der Waals surface area (Å²) in [5, 5.41) is 13.2. The number of amides is 2. The van der Waals surface area contributed by atoms with Gasteiger partial charge in [0.25, 0.3) is 0 Å². The summed E-state index contributed by atoms with van der Waals surface area (Å²) >= 11 is 1.61. The van der Waals surface area contributed by atoms with Crippen molar-refractivity contribution in [3.63, 3.8) is 0 Å². The molecule has 2 N–H and O–H groups in total. The molecule has 2 heterocycles. The Morgan fingerprint density at radius 3 is 2.58 bits per heavy atom. The van der Waals surface area contributed by atoms with Crippen molar-refractivity contribution in [3.05, 3.63) is 41.0 Å². The van der Waals surface area contributed by atoms with Crippen molar-refractivity contribution in [2.24, 2.45) is 5.92 Å². The van der Waals surface area contributed by atoms with Crippen LogP contribution < -0.4 is 5.32 Å². The van der Waals surface area contributed by atoms with E-state index in [-0.39, 0.29) is 36.8 Å². The SMILES string of the molecule is CCOC1CCC(C(=O)N2C[C@H](O)C[C@H]2C(=O)NCc2ccc(-c3scnc3C)cc2)CC1. The molecule has 1 saturated heterocycles. The highest BCUT2D eigenvalue weighted by Gasteiger charge is 2.41. The highest BCUT2D eigenvalue weighted by atomic mass is 32.1. The van der Waals surface area contributed by atoms with E-state index in [1.165, 1.54) is 0 Å². The van der Waals surface area contributed by atoms with Crippen LogP contribution in [0.2, 0.25) is 0 Å². The molecule has 7 nitrogen and oxygen atoms in total. The van der Waals surface area contributed by atoms with Crippen LogP contribution >= 0.6 is 11.3 Å². The van der Waals surface area contributed by atoms with E-state index in [1.807, 2.05) is 43.6 Å². The van der Waals surface area contributed by atoms with Gasteiger partial charge in [-0.05, 0) is 50.7 Å². The van der Waals surface area contributed by atoms with E-state index in [0.717, 1.165) is 47.4 Å². The molecule has 1 aliphatic heterocycles. The quantitative estimate of drug-likeness (QED) is 0.647. The number of aryl methyl sites for hydroxylation is 1. The summed E-state index contributed by atoms with van der Waals surface area (Å²) in [4.78, 5) is 33.2. The highest BCUT2D eigenvalue weighted by Crippen LogP contribution is 2.31. The maximum atomic E-state index is 13.2. The number of ether oxygens (including phenoxy) is 1. The summed E-state index contributed by atoms with van der Waals surface area (Å²) in [5.41, 5.74) is 4.95. The van der Waals surface area contributed by atoms with Gasteiger partial charge in [0.1, 0.15) is 6.04 Å². The van der Waals surface area contributed by atoms with E-state index in [4.69, 9.17) is 4.74 Å². The Bertz CT molecular complexity index is 953. The number of β-amino-alcohol motifs (C(OH)–C–C–N with tert-alkyl or cyclic N) is 1. The zero-order valence-electron chi connectivity index (χ0n) is 19.3. The standard InChI is InChI=1S/C25H33N3O4S/c1-3-32-21-10-8-19(9-11-21)25(31)28-14-20(29)12-22(28)24(30)26-13-17-4-6-18(7-5-17)23-16(2)27-15-33-23/h4-7,15,19-22,29H,3,8-14H2,1-2H3,(H,26,30)/t19?,20-,21?,22+/m1/s1. The Balaban J connectivity index is 1.33. The first-order chi connectivity index (χ1) is 16.0. The largest absolute Gasteiger partial charge is 0.391 e. The molecule has 4 rings (SSSR count). The van der Waals surface area contributed by atoms with Gasteiger partial charge in [-0.3, -0.25) is 9.59 Å². The van der Waals surface area contributed by atoms with Gasteiger partial charge in [-0.1, -0.05) is 24.3 Å². The van der Waals surface area contributed by atoms with Crippen molar-refractivity contribution in [3.8, 4) is 10.4 Å². The van der Waals surface area contributed by atoms with Crippen LogP contribution in [0.5, 0.6) is 0 Å². The molecule has 2 fully saturated rings. The molecule has 178 valence electrons. The zero-order valence-corrected chi connectivity index (χ0v) is 20.1. The van der Waals surface area contributed by atoms with Gasteiger partial charge < -0.3 is 20.1 Å². The van der Waals surface area contributed by atoms with Crippen molar-refractivity contribution in [1.82, 2.24) is 15.2 Å². The molecule has 0 radical (unpaired) electrons. The number of hydrogen-bond donors (Lipinski definition) is 2. The van der Waals surface area contributed by atoms with Crippen LogP contribution in [0, 0.1) is 12.8 Å². The molecule has 0 bridgehead atoms. The van der Waals surface area contributed by atoms with Crippen LogP contribution in [0.15, 0.2) is 29.8 Å². The van der Waals surface area contributed by atoms with Gasteiger partial charge >= 0.3 is 0 Å². The van der Waals surface area contributed by atoms with E-state index in [0.29, 0.717) is 13.2 Å². The van der Waals surface area contributed by atoms with E-state index in [9.17, 15) is 14.7 Å². The molecule has 2 amide bonds. The lowest BCUT2D eigenvalue weighted by molar-refractivity contribution is -0.143. The molecule has 2 atom stereocenters. The summed E-state index contributed by atoms with van der Waals surface area (Å²) in [6.45, 7) is 5.29. The molecule has 8 heteroatoms. The zero-order chi connectivity index (χ0) is 23.4. The number of benzene rings is 1. The van der Waals surface area contributed by atoms with Crippen LogP contribution in [0.1, 0.15) is 50.3 Å². The van der Waals surface area contributed by atoms with E-state index in [1.54, 1.807) is 16.2 Å². The number of carbonyl (C=O) groups excluding carboxylic acids is 2. The highest BCUT2D eigenvalue weighted by molar-refractivity contribution is 7.13. The Morgan fingerprint density at radius 1 is 1.21 bits per heavy atom. The number of aliphatic hydroxyl groups excluding tert-OH is 1. The molecule has 0 unspecified atom stereocenters. The summed E-state index contributed by atoms with van der Waals surface area (Å²) in [7, 11) is 0. The van der Waals surface area contributed by atoms with Gasteiger partial charge in [0.05, 0.1) is 28.3 Å². The molecule has 1 aromatic heterocycles. The van der Waals surface area contributed by atoms with Crippen molar-refractivity contribution in [1.29, 1.82) is 0 Å². The van der Waals surface area contributed by atoms with E-state index >= 15 is 0 Å². The van der Waals surface area contributed by atoms with Gasteiger partial charge in [0.15, 0.2) is 0 Å². The Morgan fingerprint density at radius 2 is 1.94 bits per heavy atom. The number of nitrogens with zero attached hydrogens (tertiary/aromatic N) is 2. The molecule has 1 aliphatic carbocycles. The molecular formula is C25H33N3O4S. The third kappa shape index (κ3) is 5.62. The number of hydrogen-bond acceptors (Lipinski definition) is 6. The molecule has 1 saturated carbocycles. The normalized spacial score (nSPS) is 25.2. The minimum atomic E-state index is -0.661. The van der Waals surface area contributed by atoms with Crippen molar-refractivity contribution >= 4 is 23.2 Å². The van der Waals surface area contributed by atoms with Gasteiger partial charge in [-0.2, -0.15) is 0 Å². The number of aromatic nitrogens is 1. The second kappa shape index (κ2) is 10.8. The summed E-state index contributed by atoms with van der Waals surface area (Å²) < 4.78 is 5.69. The lowest BCUT2D eigenvalue weighted by Crippen LogP contribution is -2.48. The summed E-state index contributed by atoms with van der Waals surface area (Å²) in [6.07, 6.45) is 3.14. The Labute approximate surface area is 199 Å². The molecule has 2 aliphatic rings. The number of carbonyl (C=O) groups is 2. The maximum Gasteiger partial charge on any atom is 0.243 e. The van der Waals surface area contributed by atoms with Crippen LogP contribution in [0.4, 0.5) is 0 Å². The van der Waals surface area contributed by atoms with Crippen LogP contribution in [0.3, 0.4) is 0 Å². The van der Waals surface area contributed by atoms with Gasteiger partial charge in [-0.15, -0.1) is 11.3 Å². The summed E-state index contributed by atoms with van der Waals surface area (Å²) in [5.74, 6) is -0.304. The molecule has 0 spiro atoms. The third-order valence-corrected chi connectivity index (χ3v) is 7.70. The molecule has 1 aromatic carbocycles. The fraction of sp³-hybridized carbons (Fsp3) is 0.560. The van der Waals surface area contributed by atoms with Crippen LogP contribution in [-0.2, 0) is 20.9 Å².